The van der Waals surface area contributed by atoms with Gasteiger partial charge < -0.3 is 33.9 Å². The van der Waals surface area contributed by atoms with Crippen LogP contribution in [-0.4, -0.2) is 81.2 Å². The first-order valence-electron chi connectivity index (χ1n) is 11.6. The summed E-state index contributed by atoms with van der Waals surface area (Å²) in [5.41, 5.74) is 0.934. The quantitative estimate of drug-likeness (QED) is 0.302. The van der Waals surface area contributed by atoms with Gasteiger partial charge in [-0.05, 0) is 69.9 Å². The number of ether oxygens (including phenoxy) is 4. The smallest absolute Gasteiger partial charge is 0.295 e. The van der Waals surface area contributed by atoms with Crippen molar-refractivity contribution in [2.24, 2.45) is 0 Å². The minimum atomic E-state index is -0.856. The van der Waals surface area contributed by atoms with Gasteiger partial charge in [-0.1, -0.05) is 0 Å². The van der Waals surface area contributed by atoms with E-state index in [0.717, 1.165) is 0 Å². The summed E-state index contributed by atoms with van der Waals surface area (Å²) in [5.74, 6) is 0.0596. The summed E-state index contributed by atoms with van der Waals surface area (Å²) >= 11 is 0. The molecule has 0 unspecified atom stereocenters. The Bertz CT molecular complexity index is 1110. The van der Waals surface area contributed by atoms with Crippen molar-refractivity contribution in [3.8, 4) is 23.0 Å². The number of carbonyl (C=O) groups excluding carboxylic acids is 2. The third kappa shape index (κ3) is 5.41. The Kier molecular flexibility index (Phi) is 8.47. The number of Topliss-reactive ketones (excluding diaryl/α,β-unsaturated/α-hetero) is 1. The SMILES string of the molecule is COc1cc([C@H]2C(=C(O)c3ccc(OC(C)C)cc3)C(=O)C(=O)N2CCN(C)C)cc(OC)c1OC. The Morgan fingerprint density at radius 3 is 2.06 bits per heavy atom. The second-order valence-corrected chi connectivity index (χ2v) is 8.95. The monoisotopic (exact) mass is 498 g/mol. The molecule has 1 amide bonds. The van der Waals surface area contributed by atoms with E-state index in [-0.39, 0.29) is 24.0 Å². The molecule has 1 saturated heterocycles. The van der Waals surface area contributed by atoms with Gasteiger partial charge in [-0.2, -0.15) is 0 Å². The molecule has 2 aromatic rings. The van der Waals surface area contributed by atoms with Crippen LogP contribution in [-0.2, 0) is 9.59 Å². The Labute approximate surface area is 211 Å². The number of rotatable bonds is 10. The number of hydrogen-bond acceptors (Lipinski definition) is 8. The molecular weight excluding hydrogens is 464 g/mol. The predicted octanol–water partition coefficient (Wildman–Crippen LogP) is 3.48. The van der Waals surface area contributed by atoms with Gasteiger partial charge in [0.05, 0.1) is 39.0 Å². The van der Waals surface area contributed by atoms with Crippen molar-refractivity contribution < 1.29 is 33.6 Å². The number of amides is 1. The number of carbonyl (C=O) groups is 2. The summed E-state index contributed by atoms with van der Waals surface area (Å²) in [7, 11) is 8.24. The molecule has 9 heteroatoms. The molecule has 0 aromatic heterocycles. The minimum Gasteiger partial charge on any atom is -0.507 e. The van der Waals surface area contributed by atoms with Crippen molar-refractivity contribution >= 4 is 17.4 Å². The third-order valence-electron chi connectivity index (χ3n) is 5.83. The zero-order valence-electron chi connectivity index (χ0n) is 21.8. The van der Waals surface area contributed by atoms with Crippen LogP contribution in [0, 0.1) is 0 Å². The Hall–Kier alpha value is -3.72. The summed E-state index contributed by atoms with van der Waals surface area (Å²) in [4.78, 5) is 29.8. The fourth-order valence-electron chi connectivity index (χ4n) is 4.14. The maximum atomic E-state index is 13.3. The van der Waals surface area contributed by atoms with Crippen molar-refractivity contribution in [1.29, 1.82) is 0 Å². The van der Waals surface area contributed by atoms with E-state index in [4.69, 9.17) is 18.9 Å². The predicted molar refractivity (Wildman–Crippen MR) is 136 cm³/mol. The molecule has 194 valence electrons. The van der Waals surface area contributed by atoms with Gasteiger partial charge in [-0.25, -0.2) is 0 Å². The van der Waals surface area contributed by atoms with Gasteiger partial charge in [0.2, 0.25) is 5.75 Å². The van der Waals surface area contributed by atoms with Gasteiger partial charge in [0.25, 0.3) is 11.7 Å². The lowest BCUT2D eigenvalue weighted by molar-refractivity contribution is -0.140. The molecule has 3 rings (SSSR count). The highest BCUT2D eigenvalue weighted by molar-refractivity contribution is 6.46. The molecule has 1 atom stereocenters. The average Bonchev–Trinajstić information content (AvgIpc) is 3.10. The number of ketones is 1. The van der Waals surface area contributed by atoms with E-state index >= 15 is 0 Å². The largest absolute Gasteiger partial charge is 0.507 e. The van der Waals surface area contributed by atoms with Gasteiger partial charge in [-0.15, -0.1) is 0 Å². The highest BCUT2D eigenvalue weighted by atomic mass is 16.5. The van der Waals surface area contributed by atoms with Crippen LogP contribution in [0.15, 0.2) is 42.0 Å². The zero-order chi connectivity index (χ0) is 26.6. The lowest BCUT2D eigenvalue weighted by atomic mass is 9.94. The van der Waals surface area contributed by atoms with Crippen LogP contribution in [0.5, 0.6) is 23.0 Å². The second-order valence-electron chi connectivity index (χ2n) is 8.95. The Balaban J connectivity index is 2.19. The van der Waals surface area contributed by atoms with Crippen LogP contribution < -0.4 is 18.9 Å². The molecule has 0 spiro atoms. The van der Waals surface area contributed by atoms with Crippen LogP contribution in [0.4, 0.5) is 0 Å². The second kappa shape index (κ2) is 11.3. The first kappa shape index (κ1) is 26.9. The van der Waals surface area contributed by atoms with Gasteiger partial charge in [0, 0.05) is 18.7 Å². The lowest BCUT2D eigenvalue weighted by Gasteiger charge is -2.27. The van der Waals surface area contributed by atoms with Gasteiger partial charge in [0.15, 0.2) is 11.5 Å². The summed E-state index contributed by atoms with van der Waals surface area (Å²) in [6, 6.07) is 9.27. The van der Waals surface area contributed by atoms with Crippen molar-refractivity contribution in [3.05, 3.63) is 53.1 Å². The van der Waals surface area contributed by atoms with Crippen LogP contribution in [0.2, 0.25) is 0 Å². The number of hydrogen-bond donors (Lipinski definition) is 1. The van der Waals surface area contributed by atoms with Crippen LogP contribution in [0.1, 0.15) is 31.0 Å². The molecule has 36 heavy (non-hydrogen) atoms. The average molecular weight is 499 g/mol. The van der Waals surface area contributed by atoms with Crippen molar-refractivity contribution in [2.75, 3.05) is 48.5 Å². The van der Waals surface area contributed by atoms with Crippen molar-refractivity contribution in [3.63, 3.8) is 0 Å². The highest BCUT2D eigenvalue weighted by Crippen LogP contribution is 2.45. The molecule has 0 saturated carbocycles. The molecule has 0 bridgehead atoms. The molecule has 9 nitrogen and oxygen atoms in total. The standard InChI is InChI=1S/C27H34N2O7/c1-16(2)36-19-10-8-17(9-11-19)24(30)22-23(29(13-12-28(3)4)27(32)25(22)31)18-14-20(33-5)26(35-7)21(15-18)34-6/h8-11,14-16,23,30H,12-13H2,1-7H3/t23-/m0/s1. The normalized spacial score (nSPS) is 17.1. The van der Waals surface area contributed by atoms with Crippen LogP contribution in [0.3, 0.4) is 0 Å². The first-order chi connectivity index (χ1) is 17.1. The van der Waals surface area contributed by atoms with E-state index < -0.39 is 17.7 Å². The van der Waals surface area contributed by atoms with E-state index in [2.05, 4.69) is 0 Å². The summed E-state index contributed by atoms with van der Waals surface area (Å²) in [5, 5.41) is 11.3. The number of methoxy groups -OCH3 is 3. The highest BCUT2D eigenvalue weighted by Gasteiger charge is 2.46. The Morgan fingerprint density at radius 2 is 1.58 bits per heavy atom. The number of likely N-dealkylation sites (tertiary alicyclic amines) is 1. The van der Waals surface area contributed by atoms with E-state index in [0.29, 0.717) is 40.7 Å². The molecule has 0 aliphatic carbocycles. The minimum absolute atomic E-state index is 0.00787. The molecule has 1 heterocycles. The summed E-state index contributed by atoms with van der Waals surface area (Å²) < 4.78 is 22.1. The molecular formula is C27H34N2O7. The van der Waals surface area contributed by atoms with E-state index in [9.17, 15) is 14.7 Å². The number of likely N-dealkylation sites (N-methyl/N-ethyl adjacent to an activating group) is 1. The van der Waals surface area contributed by atoms with Crippen molar-refractivity contribution in [1.82, 2.24) is 9.80 Å². The number of nitrogens with zero attached hydrogens (tertiary/aromatic N) is 2. The van der Waals surface area contributed by atoms with E-state index in [1.54, 1.807) is 36.4 Å². The number of aliphatic hydroxyl groups excluding tert-OH is 1. The Morgan fingerprint density at radius 1 is 1.00 bits per heavy atom. The van der Waals surface area contributed by atoms with E-state index in [1.165, 1.54) is 26.2 Å². The number of benzene rings is 2. The van der Waals surface area contributed by atoms with Crippen molar-refractivity contribution in [2.45, 2.75) is 26.0 Å². The maximum Gasteiger partial charge on any atom is 0.295 e. The molecule has 1 aliphatic heterocycles. The van der Waals surface area contributed by atoms with Gasteiger partial charge in [-0.3, -0.25) is 9.59 Å². The van der Waals surface area contributed by atoms with Crippen LogP contribution in [0.25, 0.3) is 5.76 Å². The summed E-state index contributed by atoms with van der Waals surface area (Å²) in [6.07, 6.45) is -0.00787. The molecule has 0 radical (unpaired) electrons. The first-order valence-corrected chi connectivity index (χ1v) is 11.6. The van der Waals surface area contributed by atoms with Gasteiger partial charge >= 0.3 is 0 Å². The van der Waals surface area contributed by atoms with Crippen LogP contribution >= 0.6 is 0 Å². The third-order valence-corrected chi connectivity index (χ3v) is 5.83. The fourth-order valence-corrected chi connectivity index (χ4v) is 4.14. The zero-order valence-corrected chi connectivity index (χ0v) is 21.8. The molecule has 2 aromatic carbocycles. The van der Waals surface area contributed by atoms with Gasteiger partial charge in [0.1, 0.15) is 11.5 Å². The summed E-state index contributed by atoms with van der Waals surface area (Å²) in [6.45, 7) is 4.63. The maximum absolute atomic E-state index is 13.3. The molecule has 1 fully saturated rings. The lowest BCUT2D eigenvalue weighted by Crippen LogP contribution is -2.35. The number of aliphatic hydroxyl groups is 1. The topological polar surface area (TPSA) is 97.8 Å². The fraction of sp³-hybridized carbons (Fsp3) is 0.407. The molecule has 1 N–H and O–H groups in total. The van der Waals surface area contributed by atoms with E-state index in [1.807, 2.05) is 32.8 Å². The molecule has 1 aliphatic rings.